The minimum absolute atomic E-state index is 0.170. The predicted molar refractivity (Wildman–Crippen MR) is 80.0 cm³/mol. The van der Waals surface area contributed by atoms with Crippen molar-refractivity contribution >= 4 is 22.8 Å². The lowest BCUT2D eigenvalue weighted by Crippen LogP contribution is -2.14. The summed E-state index contributed by atoms with van der Waals surface area (Å²) in [4.78, 5) is 23.0. The number of hydrogen-bond acceptors (Lipinski definition) is 5. The minimum atomic E-state index is -0.374. The first-order valence-corrected chi connectivity index (χ1v) is 7.16. The summed E-state index contributed by atoms with van der Waals surface area (Å²) < 4.78 is 11.6. The van der Waals surface area contributed by atoms with E-state index in [0.29, 0.717) is 36.4 Å². The number of fused-ring (bicyclic) bond motifs is 1. The smallest absolute Gasteiger partial charge is 0.419 e. The van der Waals surface area contributed by atoms with Crippen LogP contribution in [0.3, 0.4) is 0 Å². The van der Waals surface area contributed by atoms with E-state index in [-0.39, 0.29) is 11.7 Å². The number of aromatic nitrogens is 1. The van der Waals surface area contributed by atoms with Crippen LogP contribution in [0.5, 0.6) is 0 Å². The molecule has 2 N–H and O–H groups in total. The number of aryl methyl sites for hydroxylation is 1. The van der Waals surface area contributed by atoms with E-state index in [1.54, 1.807) is 29.7 Å². The number of esters is 1. The molecule has 0 amide bonds. The monoisotopic (exact) mass is 292 g/mol. The van der Waals surface area contributed by atoms with Gasteiger partial charge in [0.25, 0.3) is 0 Å². The molecule has 0 fully saturated rings. The molecule has 6 nitrogen and oxygen atoms in total. The molecule has 21 heavy (non-hydrogen) atoms. The lowest BCUT2D eigenvalue weighted by molar-refractivity contribution is -0.143. The molecule has 0 atom stereocenters. The van der Waals surface area contributed by atoms with Gasteiger partial charge in [0.1, 0.15) is 0 Å². The molecule has 0 saturated heterocycles. The van der Waals surface area contributed by atoms with Crippen molar-refractivity contribution in [3.8, 4) is 0 Å². The van der Waals surface area contributed by atoms with Gasteiger partial charge in [0.15, 0.2) is 5.58 Å². The van der Waals surface area contributed by atoms with Crippen molar-refractivity contribution in [2.24, 2.45) is 0 Å². The zero-order valence-corrected chi connectivity index (χ0v) is 12.1. The van der Waals surface area contributed by atoms with Crippen LogP contribution >= 0.6 is 0 Å². The van der Waals surface area contributed by atoms with Crippen LogP contribution in [0.25, 0.3) is 11.1 Å². The molecule has 6 heteroatoms. The molecule has 114 valence electrons. The van der Waals surface area contributed by atoms with Gasteiger partial charge >= 0.3 is 11.7 Å². The number of carbonyl (C=O) groups is 1. The van der Waals surface area contributed by atoms with Gasteiger partial charge in [-0.2, -0.15) is 0 Å². The predicted octanol–water partition coefficient (Wildman–Crippen LogP) is 2.30. The zero-order chi connectivity index (χ0) is 15.2. The number of carbonyl (C=O) groups excluding carboxylic acids is 1. The van der Waals surface area contributed by atoms with Crippen molar-refractivity contribution in [1.82, 2.24) is 4.57 Å². The molecule has 0 saturated carbocycles. The first-order valence-electron chi connectivity index (χ1n) is 7.16. The summed E-state index contributed by atoms with van der Waals surface area (Å²) in [6, 6.07) is 5.14. The van der Waals surface area contributed by atoms with Crippen LogP contribution in [0.4, 0.5) is 5.69 Å². The third-order valence-electron chi connectivity index (χ3n) is 3.26. The van der Waals surface area contributed by atoms with Crippen LogP contribution in [0, 0.1) is 0 Å². The summed E-state index contributed by atoms with van der Waals surface area (Å²) >= 11 is 0. The summed E-state index contributed by atoms with van der Waals surface area (Å²) in [7, 11) is 0. The number of oxazole rings is 1. The maximum atomic E-state index is 11.8. The third-order valence-corrected chi connectivity index (χ3v) is 3.26. The fourth-order valence-electron chi connectivity index (χ4n) is 2.24. The first-order chi connectivity index (χ1) is 10.1. The Labute approximate surface area is 122 Å². The van der Waals surface area contributed by atoms with E-state index in [4.69, 9.17) is 14.9 Å². The molecule has 0 aliphatic rings. The normalized spacial score (nSPS) is 10.9. The Morgan fingerprint density at radius 2 is 2.14 bits per heavy atom. The molecule has 2 rings (SSSR count). The summed E-state index contributed by atoms with van der Waals surface area (Å²) in [5.41, 5.74) is 7.58. The summed E-state index contributed by atoms with van der Waals surface area (Å²) in [6.07, 6.45) is 2.82. The highest BCUT2D eigenvalue weighted by Gasteiger charge is 2.09. The second-order valence-electron chi connectivity index (χ2n) is 4.86. The van der Waals surface area contributed by atoms with Gasteiger partial charge < -0.3 is 14.9 Å². The highest BCUT2D eigenvalue weighted by atomic mass is 16.5. The van der Waals surface area contributed by atoms with Crippen molar-refractivity contribution in [3.05, 3.63) is 28.7 Å². The standard InChI is InChI=1S/C15H20N2O4/c1-2-20-14(18)6-4-3-5-9-17-12-10-11(16)7-8-13(12)21-15(17)19/h7-8,10H,2-6,9,16H2,1H3. The van der Waals surface area contributed by atoms with Gasteiger partial charge in [-0.25, -0.2) is 4.79 Å². The highest BCUT2D eigenvalue weighted by molar-refractivity contribution is 5.76. The number of unbranched alkanes of at least 4 members (excludes halogenated alkanes) is 2. The first kappa shape index (κ1) is 15.2. The topological polar surface area (TPSA) is 87.5 Å². The van der Waals surface area contributed by atoms with E-state index >= 15 is 0 Å². The van der Waals surface area contributed by atoms with Crippen LogP contribution in [0.2, 0.25) is 0 Å². The van der Waals surface area contributed by atoms with Crippen molar-refractivity contribution in [2.45, 2.75) is 39.2 Å². The summed E-state index contributed by atoms with van der Waals surface area (Å²) in [5.74, 6) is -0.544. The van der Waals surface area contributed by atoms with E-state index in [1.165, 1.54) is 0 Å². The molecule has 1 aromatic heterocycles. The number of benzene rings is 1. The largest absolute Gasteiger partial charge is 0.466 e. The molecule has 1 aromatic carbocycles. The van der Waals surface area contributed by atoms with Crippen LogP contribution < -0.4 is 11.5 Å². The Balaban J connectivity index is 1.89. The molecular weight excluding hydrogens is 272 g/mol. The van der Waals surface area contributed by atoms with Gasteiger partial charge in [0.05, 0.1) is 12.1 Å². The Morgan fingerprint density at radius 3 is 2.90 bits per heavy atom. The molecular formula is C15H20N2O4. The molecule has 0 aliphatic carbocycles. The number of ether oxygens (including phenoxy) is 1. The van der Waals surface area contributed by atoms with Crippen LogP contribution in [0.15, 0.2) is 27.4 Å². The van der Waals surface area contributed by atoms with Crippen molar-refractivity contribution in [1.29, 1.82) is 0 Å². The van der Waals surface area contributed by atoms with E-state index in [0.717, 1.165) is 19.3 Å². The molecule has 0 spiro atoms. The van der Waals surface area contributed by atoms with Crippen molar-refractivity contribution < 1.29 is 13.9 Å². The van der Waals surface area contributed by atoms with Crippen LogP contribution in [-0.2, 0) is 16.1 Å². The van der Waals surface area contributed by atoms with Gasteiger partial charge in [-0.05, 0) is 38.0 Å². The van der Waals surface area contributed by atoms with E-state index in [2.05, 4.69) is 0 Å². The van der Waals surface area contributed by atoms with E-state index in [9.17, 15) is 9.59 Å². The Kier molecular flexibility index (Phi) is 5.03. The average Bonchev–Trinajstić information content (AvgIpc) is 2.74. The maximum absolute atomic E-state index is 11.8. The van der Waals surface area contributed by atoms with Gasteiger partial charge in [-0.3, -0.25) is 9.36 Å². The Morgan fingerprint density at radius 1 is 1.33 bits per heavy atom. The average molecular weight is 292 g/mol. The minimum Gasteiger partial charge on any atom is -0.466 e. The van der Waals surface area contributed by atoms with Gasteiger partial charge in [-0.15, -0.1) is 0 Å². The third kappa shape index (κ3) is 3.87. The van der Waals surface area contributed by atoms with Gasteiger partial charge in [0, 0.05) is 18.7 Å². The Hall–Kier alpha value is -2.24. The second-order valence-corrected chi connectivity index (χ2v) is 4.86. The van der Waals surface area contributed by atoms with Crippen LogP contribution in [-0.4, -0.2) is 17.1 Å². The lowest BCUT2D eigenvalue weighted by Gasteiger charge is -2.03. The maximum Gasteiger partial charge on any atom is 0.419 e. The fourth-order valence-corrected chi connectivity index (χ4v) is 2.24. The lowest BCUT2D eigenvalue weighted by atomic mass is 10.2. The van der Waals surface area contributed by atoms with E-state index < -0.39 is 0 Å². The number of hydrogen-bond donors (Lipinski definition) is 1. The Bertz CT molecular complexity index is 672. The summed E-state index contributed by atoms with van der Waals surface area (Å²) in [5, 5.41) is 0. The van der Waals surface area contributed by atoms with Crippen molar-refractivity contribution in [2.75, 3.05) is 12.3 Å². The molecule has 2 aromatic rings. The number of anilines is 1. The number of rotatable bonds is 7. The number of nitrogens with two attached hydrogens (primary N) is 1. The van der Waals surface area contributed by atoms with Crippen LogP contribution in [0.1, 0.15) is 32.6 Å². The fraction of sp³-hybridized carbons (Fsp3) is 0.467. The quantitative estimate of drug-likeness (QED) is 0.480. The second kappa shape index (κ2) is 6.97. The number of nitrogens with zero attached hydrogens (tertiary/aromatic N) is 1. The van der Waals surface area contributed by atoms with Gasteiger partial charge in [-0.1, -0.05) is 6.42 Å². The number of nitrogen functional groups attached to an aromatic ring is 1. The van der Waals surface area contributed by atoms with E-state index in [1.807, 2.05) is 0 Å². The molecule has 0 aliphatic heterocycles. The molecule has 0 unspecified atom stereocenters. The molecule has 0 radical (unpaired) electrons. The molecule has 1 heterocycles. The highest BCUT2D eigenvalue weighted by Crippen LogP contribution is 2.17. The van der Waals surface area contributed by atoms with Crippen molar-refractivity contribution in [3.63, 3.8) is 0 Å². The van der Waals surface area contributed by atoms with Gasteiger partial charge in [0.2, 0.25) is 0 Å². The molecule has 0 bridgehead atoms. The summed E-state index contributed by atoms with van der Waals surface area (Å²) in [6.45, 7) is 2.76. The SMILES string of the molecule is CCOC(=O)CCCCCn1c(=O)oc2ccc(N)cc21. The zero-order valence-electron chi connectivity index (χ0n) is 12.1.